The smallest absolute Gasteiger partial charge is 0.165 e. The highest BCUT2D eigenvalue weighted by atomic mass is 16.5. The largest absolute Gasteiger partial charge is 0.497 e. The molecule has 1 aliphatic rings. The Labute approximate surface area is 101 Å². The lowest BCUT2D eigenvalue weighted by molar-refractivity contribution is 0.0764. The molecule has 1 aliphatic carbocycles. The number of rotatable bonds is 3. The van der Waals surface area contributed by atoms with Crippen molar-refractivity contribution in [3.8, 4) is 5.75 Å². The van der Waals surface area contributed by atoms with Crippen LogP contribution in [-0.4, -0.2) is 24.1 Å². The molecular weight excluding hydrogens is 216 g/mol. The fourth-order valence-corrected chi connectivity index (χ4v) is 2.33. The highest BCUT2D eigenvalue weighted by molar-refractivity contribution is 5.98. The van der Waals surface area contributed by atoms with E-state index in [1.54, 1.807) is 7.11 Å². The first-order valence-corrected chi connectivity index (χ1v) is 6.07. The van der Waals surface area contributed by atoms with Gasteiger partial charge in [0.15, 0.2) is 5.78 Å². The van der Waals surface area contributed by atoms with Gasteiger partial charge in [0.1, 0.15) is 5.75 Å². The average molecular weight is 234 g/mol. The number of aliphatic hydroxyl groups is 1. The number of hydrogen-bond acceptors (Lipinski definition) is 3. The number of Topliss-reactive ketones (excluding diaryl/α,β-unsaturated/α-hetero) is 1. The lowest BCUT2D eigenvalue weighted by atomic mass is 9.82. The van der Waals surface area contributed by atoms with Crippen LogP contribution >= 0.6 is 0 Å². The SMILES string of the molecule is COc1ccc(C(=O)C2CCC(O)CC2)cc1. The van der Waals surface area contributed by atoms with Crippen LogP contribution in [0.5, 0.6) is 5.75 Å². The summed E-state index contributed by atoms with van der Waals surface area (Å²) in [5.74, 6) is 1.03. The molecule has 0 bridgehead atoms. The molecule has 0 saturated heterocycles. The molecule has 1 saturated carbocycles. The molecule has 1 N–H and O–H groups in total. The quantitative estimate of drug-likeness (QED) is 0.817. The molecule has 0 heterocycles. The van der Waals surface area contributed by atoms with Crippen molar-refractivity contribution >= 4 is 5.78 Å². The molecule has 1 aromatic carbocycles. The van der Waals surface area contributed by atoms with Gasteiger partial charge in [-0.05, 0) is 49.9 Å². The van der Waals surface area contributed by atoms with Gasteiger partial charge in [-0.15, -0.1) is 0 Å². The molecule has 0 aromatic heterocycles. The lowest BCUT2D eigenvalue weighted by Gasteiger charge is -2.24. The van der Waals surface area contributed by atoms with Crippen LogP contribution in [0.15, 0.2) is 24.3 Å². The number of carbonyl (C=O) groups excluding carboxylic acids is 1. The zero-order valence-corrected chi connectivity index (χ0v) is 10.1. The molecule has 0 unspecified atom stereocenters. The Bertz CT molecular complexity index is 375. The second kappa shape index (κ2) is 5.32. The summed E-state index contributed by atoms with van der Waals surface area (Å²) in [7, 11) is 1.61. The van der Waals surface area contributed by atoms with Crippen molar-refractivity contribution in [1.29, 1.82) is 0 Å². The van der Waals surface area contributed by atoms with E-state index >= 15 is 0 Å². The lowest BCUT2D eigenvalue weighted by Crippen LogP contribution is -2.24. The maximum Gasteiger partial charge on any atom is 0.165 e. The minimum Gasteiger partial charge on any atom is -0.497 e. The summed E-state index contributed by atoms with van der Waals surface area (Å²) in [4.78, 5) is 12.2. The highest BCUT2D eigenvalue weighted by Gasteiger charge is 2.25. The molecule has 0 radical (unpaired) electrons. The van der Waals surface area contributed by atoms with Gasteiger partial charge in [-0.2, -0.15) is 0 Å². The minimum absolute atomic E-state index is 0.0757. The molecule has 3 heteroatoms. The van der Waals surface area contributed by atoms with Crippen molar-refractivity contribution in [3.05, 3.63) is 29.8 Å². The van der Waals surface area contributed by atoms with Gasteiger partial charge in [0.05, 0.1) is 13.2 Å². The Morgan fingerprint density at radius 3 is 2.29 bits per heavy atom. The van der Waals surface area contributed by atoms with Crippen LogP contribution < -0.4 is 4.74 Å². The third-order valence-corrected chi connectivity index (χ3v) is 3.44. The second-order valence-electron chi connectivity index (χ2n) is 4.60. The first-order chi connectivity index (χ1) is 8.20. The molecule has 1 fully saturated rings. The second-order valence-corrected chi connectivity index (χ2v) is 4.60. The summed E-state index contributed by atoms with van der Waals surface area (Å²) in [5.41, 5.74) is 0.743. The van der Waals surface area contributed by atoms with Gasteiger partial charge < -0.3 is 9.84 Å². The van der Waals surface area contributed by atoms with E-state index in [9.17, 15) is 9.90 Å². The number of methoxy groups -OCH3 is 1. The maximum atomic E-state index is 12.2. The van der Waals surface area contributed by atoms with E-state index < -0.39 is 0 Å². The Hall–Kier alpha value is -1.35. The molecule has 0 aliphatic heterocycles. The summed E-state index contributed by atoms with van der Waals surface area (Å²) in [6.07, 6.45) is 2.87. The van der Waals surface area contributed by atoms with Gasteiger partial charge >= 0.3 is 0 Å². The number of ether oxygens (including phenoxy) is 1. The third kappa shape index (κ3) is 2.86. The minimum atomic E-state index is -0.213. The number of aliphatic hydroxyl groups excluding tert-OH is 1. The Morgan fingerprint density at radius 2 is 1.76 bits per heavy atom. The predicted octanol–water partition coefficient (Wildman–Crippen LogP) is 2.43. The molecule has 0 spiro atoms. The van der Waals surface area contributed by atoms with Crippen LogP contribution in [0, 0.1) is 5.92 Å². The van der Waals surface area contributed by atoms with Crippen molar-refractivity contribution in [1.82, 2.24) is 0 Å². The van der Waals surface area contributed by atoms with Crippen LogP contribution in [-0.2, 0) is 0 Å². The van der Waals surface area contributed by atoms with Crippen molar-refractivity contribution in [2.45, 2.75) is 31.8 Å². The summed E-state index contributed by atoms with van der Waals surface area (Å²) in [6, 6.07) is 7.24. The predicted molar refractivity (Wildman–Crippen MR) is 65.3 cm³/mol. The maximum absolute atomic E-state index is 12.2. The van der Waals surface area contributed by atoms with E-state index in [-0.39, 0.29) is 17.8 Å². The Kier molecular flexibility index (Phi) is 3.79. The topological polar surface area (TPSA) is 46.5 Å². The van der Waals surface area contributed by atoms with E-state index in [1.165, 1.54) is 0 Å². The standard InChI is InChI=1S/C14H18O3/c1-17-13-8-4-11(5-9-13)14(16)10-2-6-12(15)7-3-10/h4-5,8-10,12,15H,2-3,6-7H2,1H3. The van der Waals surface area contributed by atoms with E-state index in [4.69, 9.17) is 4.74 Å². The van der Waals surface area contributed by atoms with Gasteiger partial charge in [0.25, 0.3) is 0 Å². The number of benzene rings is 1. The average Bonchev–Trinajstić information content (AvgIpc) is 2.39. The summed E-state index contributed by atoms with van der Waals surface area (Å²) in [5, 5.41) is 9.42. The fraction of sp³-hybridized carbons (Fsp3) is 0.500. The molecular formula is C14H18O3. The normalized spacial score (nSPS) is 24.4. The van der Waals surface area contributed by atoms with Crippen molar-refractivity contribution < 1.29 is 14.6 Å². The summed E-state index contributed by atoms with van der Waals surface area (Å²) >= 11 is 0. The van der Waals surface area contributed by atoms with Crippen molar-refractivity contribution in [2.75, 3.05) is 7.11 Å². The Balaban J connectivity index is 2.03. The fourth-order valence-electron chi connectivity index (χ4n) is 2.33. The van der Waals surface area contributed by atoms with Gasteiger partial charge in [-0.1, -0.05) is 0 Å². The van der Waals surface area contributed by atoms with Crippen LogP contribution in [0.25, 0.3) is 0 Å². The van der Waals surface area contributed by atoms with Crippen LogP contribution in [0.4, 0.5) is 0 Å². The number of hydrogen-bond donors (Lipinski definition) is 1. The number of carbonyl (C=O) groups is 1. The molecule has 17 heavy (non-hydrogen) atoms. The Morgan fingerprint density at radius 1 is 1.18 bits per heavy atom. The van der Waals surface area contributed by atoms with E-state index in [1.807, 2.05) is 24.3 Å². The number of ketones is 1. The van der Waals surface area contributed by atoms with Crippen LogP contribution in [0.3, 0.4) is 0 Å². The first-order valence-electron chi connectivity index (χ1n) is 6.07. The molecule has 92 valence electrons. The van der Waals surface area contributed by atoms with Crippen LogP contribution in [0.1, 0.15) is 36.0 Å². The molecule has 1 aromatic rings. The van der Waals surface area contributed by atoms with Gasteiger partial charge in [-0.25, -0.2) is 0 Å². The van der Waals surface area contributed by atoms with E-state index in [0.717, 1.165) is 37.0 Å². The van der Waals surface area contributed by atoms with Gasteiger partial charge in [-0.3, -0.25) is 4.79 Å². The first kappa shape index (κ1) is 12.1. The zero-order chi connectivity index (χ0) is 12.3. The van der Waals surface area contributed by atoms with E-state index in [0.29, 0.717) is 0 Å². The summed E-state index contributed by atoms with van der Waals surface area (Å²) < 4.78 is 5.06. The third-order valence-electron chi connectivity index (χ3n) is 3.44. The van der Waals surface area contributed by atoms with Crippen LogP contribution in [0.2, 0.25) is 0 Å². The van der Waals surface area contributed by atoms with Gasteiger partial charge in [0.2, 0.25) is 0 Å². The van der Waals surface area contributed by atoms with Gasteiger partial charge in [0, 0.05) is 11.5 Å². The molecule has 3 nitrogen and oxygen atoms in total. The van der Waals surface area contributed by atoms with Crippen molar-refractivity contribution in [3.63, 3.8) is 0 Å². The monoisotopic (exact) mass is 234 g/mol. The van der Waals surface area contributed by atoms with Crippen molar-refractivity contribution in [2.24, 2.45) is 5.92 Å². The highest BCUT2D eigenvalue weighted by Crippen LogP contribution is 2.27. The molecule has 0 atom stereocenters. The zero-order valence-electron chi connectivity index (χ0n) is 10.1. The molecule has 0 amide bonds. The molecule has 2 rings (SSSR count). The van der Waals surface area contributed by atoms with E-state index in [2.05, 4.69) is 0 Å². The summed E-state index contributed by atoms with van der Waals surface area (Å²) in [6.45, 7) is 0.